The van der Waals surface area contributed by atoms with Crippen LogP contribution in [0.5, 0.6) is 11.5 Å². The number of carboxylic acid groups (broad SMARTS) is 1. The van der Waals surface area contributed by atoms with Crippen molar-refractivity contribution in [2.75, 3.05) is 6.79 Å². The Hall–Kier alpha value is -2.61. The highest BCUT2D eigenvalue weighted by atomic mass is 32.1. The number of hydrogen-bond donors (Lipinski definition) is 1. The molecule has 1 N–H and O–H groups in total. The van der Waals surface area contributed by atoms with E-state index in [9.17, 15) is 9.59 Å². The van der Waals surface area contributed by atoms with Crippen molar-refractivity contribution in [3.8, 4) is 11.5 Å². The molecule has 0 bridgehead atoms. The monoisotopic (exact) mass is 290 g/mol. The van der Waals surface area contributed by atoms with E-state index in [1.165, 1.54) is 15.7 Å². The van der Waals surface area contributed by atoms with Gasteiger partial charge in [0.05, 0.1) is 16.4 Å². The summed E-state index contributed by atoms with van der Waals surface area (Å²) in [5.74, 6) is -0.155. The molecular weight excluding hydrogens is 284 g/mol. The van der Waals surface area contributed by atoms with Gasteiger partial charge in [-0.1, -0.05) is 11.3 Å². The number of nitrogens with zero attached hydrogens (tertiary/aromatic N) is 2. The van der Waals surface area contributed by atoms with E-state index in [0.717, 1.165) is 10.9 Å². The van der Waals surface area contributed by atoms with Crippen molar-refractivity contribution in [1.82, 2.24) is 9.38 Å². The van der Waals surface area contributed by atoms with Gasteiger partial charge in [-0.2, -0.15) is 0 Å². The molecule has 1 aromatic carbocycles. The summed E-state index contributed by atoms with van der Waals surface area (Å²) in [5.41, 5.74) is -0.401. The number of rotatable bonds is 1. The van der Waals surface area contributed by atoms with Crippen LogP contribution in [0.3, 0.4) is 0 Å². The quantitative estimate of drug-likeness (QED) is 0.727. The molecule has 3 aromatic rings. The summed E-state index contributed by atoms with van der Waals surface area (Å²) >= 11 is 1.29. The molecule has 0 saturated carbocycles. The molecule has 2 aromatic heterocycles. The lowest BCUT2D eigenvalue weighted by Crippen LogP contribution is -2.21. The van der Waals surface area contributed by atoms with E-state index < -0.39 is 11.5 Å². The van der Waals surface area contributed by atoms with Gasteiger partial charge >= 0.3 is 5.97 Å². The highest BCUT2D eigenvalue weighted by Crippen LogP contribution is 2.38. The van der Waals surface area contributed by atoms with Gasteiger partial charge in [0, 0.05) is 12.1 Å². The third-order valence-electron chi connectivity index (χ3n) is 3.06. The summed E-state index contributed by atoms with van der Waals surface area (Å²) in [5, 5.41) is 8.99. The minimum Gasteiger partial charge on any atom is -0.477 e. The molecule has 1 aliphatic heterocycles. The maximum absolute atomic E-state index is 12.2. The van der Waals surface area contributed by atoms with Gasteiger partial charge < -0.3 is 14.6 Å². The van der Waals surface area contributed by atoms with Crippen LogP contribution in [0.1, 0.15) is 10.4 Å². The van der Waals surface area contributed by atoms with E-state index in [0.29, 0.717) is 22.0 Å². The number of carbonyl (C=O) groups is 1. The average Bonchev–Trinajstić information content (AvgIpc) is 2.98. The largest absolute Gasteiger partial charge is 0.477 e. The van der Waals surface area contributed by atoms with Crippen LogP contribution in [0, 0.1) is 0 Å². The summed E-state index contributed by atoms with van der Waals surface area (Å²) in [6.45, 7) is 0.137. The van der Waals surface area contributed by atoms with Gasteiger partial charge in [-0.05, 0) is 0 Å². The molecule has 0 saturated heterocycles. The van der Waals surface area contributed by atoms with Gasteiger partial charge in [0.2, 0.25) is 6.79 Å². The topological polar surface area (TPSA) is 90.1 Å². The number of carboxylic acids is 1. The zero-order chi connectivity index (χ0) is 13.9. The van der Waals surface area contributed by atoms with Gasteiger partial charge in [0.25, 0.3) is 5.56 Å². The summed E-state index contributed by atoms with van der Waals surface area (Å²) in [7, 11) is 0. The molecule has 0 spiro atoms. The van der Waals surface area contributed by atoms with Gasteiger partial charge in [-0.3, -0.25) is 9.20 Å². The fourth-order valence-electron chi connectivity index (χ4n) is 2.14. The number of ether oxygens (including phenoxy) is 2. The van der Waals surface area contributed by atoms with Crippen LogP contribution >= 0.6 is 11.3 Å². The number of hydrogen-bond acceptors (Lipinski definition) is 6. The highest BCUT2D eigenvalue weighted by Gasteiger charge is 2.20. The predicted molar refractivity (Wildman–Crippen MR) is 69.9 cm³/mol. The molecule has 0 atom stereocenters. The van der Waals surface area contributed by atoms with E-state index in [1.807, 2.05) is 0 Å². The molecule has 100 valence electrons. The lowest BCUT2D eigenvalue weighted by molar-refractivity contribution is 0.0694. The van der Waals surface area contributed by atoms with Crippen molar-refractivity contribution in [2.45, 2.75) is 0 Å². The van der Waals surface area contributed by atoms with Gasteiger partial charge in [0.15, 0.2) is 16.5 Å². The molecule has 8 heteroatoms. The molecule has 1 aliphatic rings. The van der Waals surface area contributed by atoms with Crippen LogP contribution in [0.25, 0.3) is 15.2 Å². The van der Waals surface area contributed by atoms with Crippen LogP contribution in [-0.4, -0.2) is 27.3 Å². The zero-order valence-corrected chi connectivity index (χ0v) is 10.6. The summed E-state index contributed by atoms with van der Waals surface area (Å²) in [4.78, 5) is 27.7. The second kappa shape index (κ2) is 3.70. The first-order chi connectivity index (χ1) is 9.65. The first-order valence-electron chi connectivity index (χ1n) is 5.62. The van der Waals surface area contributed by atoms with Crippen molar-refractivity contribution >= 4 is 32.5 Å². The molecule has 0 fully saturated rings. The normalized spacial score (nSPS) is 13.2. The van der Waals surface area contributed by atoms with Crippen LogP contribution in [-0.2, 0) is 0 Å². The molecule has 7 nitrogen and oxygen atoms in total. The zero-order valence-electron chi connectivity index (χ0n) is 9.82. The lowest BCUT2D eigenvalue weighted by Gasteiger charge is -1.98. The Morgan fingerprint density at radius 1 is 1.35 bits per heavy atom. The number of thiazole rings is 1. The number of fused-ring (bicyclic) bond motifs is 4. The molecule has 0 unspecified atom stereocenters. The maximum atomic E-state index is 12.2. The molecule has 0 radical (unpaired) electrons. The Bertz CT molecular complexity index is 942. The van der Waals surface area contributed by atoms with Gasteiger partial charge in [0.1, 0.15) is 5.56 Å². The van der Waals surface area contributed by atoms with Gasteiger partial charge in [-0.25, -0.2) is 9.78 Å². The Balaban J connectivity index is 2.17. The van der Waals surface area contributed by atoms with Crippen molar-refractivity contribution in [1.29, 1.82) is 0 Å². The smallest absolute Gasteiger partial charge is 0.342 e. The molecule has 0 aliphatic carbocycles. The van der Waals surface area contributed by atoms with E-state index in [2.05, 4.69) is 4.98 Å². The molecule has 3 heterocycles. The third kappa shape index (κ3) is 1.36. The van der Waals surface area contributed by atoms with Crippen molar-refractivity contribution in [3.63, 3.8) is 0 Å². The Kier molecular flexibility index (Phi) is 2.08. The SMILES string of the molecule is O=C(O)c1cnc2sc3cc4c(cc3n2c1=O)OCO4. The van der Waals surface area contributed by atoms with Crippen molar-refractivity contribution < 1.29 is 19.4 Å². The van der Waals surface area contributed by atoms with Gasteiger partial charge in [-0.15, -0.1) is 0 Å². The second-order valence-electron chi connectivity index (χ2n) is 4.18. The summed E-state index contributed by atoms with van der Waals surface area (Å²) in [6, 6.07) is 3.42. The highest BCUT2D eigenvalue weighted by molar-refractivity contribution is 7.23. The fourth-order valence-corrected chi connectivity index (χ4v) is 3.13. The number of benzene rings is 1. The van der Waals surface area contributed by atoms with Crippen LogP contribution in [0.4, 0.5) is 0 Å². The van der Waals surface area contributed by atoms with Crippen LogP contribution in [0.2, 0.25) is 0 Å². The first-order valence-corrected chi connectivity index (χ1v) is 6.44. The Labute approximate surface area is 114 Å². The first kappa shape index (κ1) is 11.2. The molecule has 0 amide bonds. The van der Waals surface area contributed by atoms with E-state index in [4.69, 9.17) is 14.6 Å². The summed E-state index contributed by atoms with van der Waals surface area (Å²) < 4.78 is 12.6. The number of aromatic nitrogens is 2. The van der Waals surface area contributed by atoms with Crippen LogP contribution in [0.15, 0.2) is 23.1 Å². The van der Waals surface area contributed by atoms with E-state index >= 15 is 0 Å². The maximum Gasteiger partial charge on any atom is 0.342 e. The molecule has 20 heavy (non-hydrogen) atoms. The van der Waals surface area contributed by atoms with Crippen molar-refractivity contribution in [3.05, 3.63) is 34.2 Å². The van der Waals surface area contributed by atoms with Crippen molar-refractivity contribution in [2.24, 2.45) is 0 Å². The van der Waals surface area contributed by atoms with Crippen LogP contribution < -0.4 is 15.0 Å². The van der Waals surface area contributed by atoms with E-state index in [-0.39, 0.29) is 12.4 Å². The average molecular weight is 290 g/mol. The van der Waals surface area contributed by atoms with E-state index in [1.54, 1.807) is 12.1 Å². The fraction of sp³-hybridized carbons (Fsp3) is 0.0833. The summed E-state index contributed by atoms with van der Waals surface area (Å²) in [6.07, 6.45) is 1.08. The Morgan fingerprint density at radius 2 is 2.10 bits per heavy atom. The minimum atomic E-state index is -1.29. The third-order valence-corrected chi connectivity index (χ3v) is 4.07. The second-order valence-corrected chi connectivity index (χ2v) is 5.18. The lowest BCUT2D eigenvalue weighted by atomic mass is 10.3. The molecule has 4 rings (SSSR count). The predicted octanol–water partition coefficient (Wildman–Crippen LogP) is 1.34. The Morgan fingerprint density at radius 3 is 2.85 bits per heavy atom. The molecular formula is C12H6N2O5S. The minimum absolute atomic E-state index is 0.137. The standard InChI is InChI=1S/C12H6N2O5S/c15-10-5(11(16)17)3-13-12-14(10)6-1-7-8(19-4-18-7)2-9(6)20-12/h1-3H,4H2,(H,16,17). The number of aromatic carboxylic acids is 1.